The summed E-state index contributed by atoms with van der Waals surface area (Å²) < 4.78 is 26.7. The van der Waals surface area contributed by atoms with Crippen LogP contribution in [0.1, 0.15) is 28.9 Å². The van der Waals surface area contributed by atoms with Crippen LogP contribution in [0.25, 0.3) is 0 Å². The van der Waals surface area contributed by atoms with Crippen LogP contribution in [0.3, 0.4) is 0 Å². The SMILES string of the molecule is CC(NC(=O)c1cccnc1N(C)C)c1ccc(F)cc1F. The Kier molecular flexibility index (Phi) is 4.70. The minimum absolute atomic E-state index is 0.227. The van der Waals surface area contributed by atoms with Gasteiger partial charge < -0.3 is 10.2 Å². The first-order valence-electron chi connectivity index (χ1n) is 6.78. The molecule has 0 fully saturated rings. The second-order valence-corrected chi connectivity index (χ2v) is 5.13. The largest absolute Gasteiger partial charge is 0.362 e. The summed E-state index contributed by atoms with van der Waals surface area (Å²) in [6.45, 7) is 1.64. The van der Waals surface area contributed by atoms with Crippen molar-refractivity contribution in [1.82, 2.24) is 10.3 Å². The van der Waals surface area contributed by atoms with Gasteiger partial charge in [-0.3, -0.25) is 4.79 Å². The minimum Gasteiger partial charge on any atom is -0.362 e. The van der Waals surface area contributed by atoms with Crippen LogP contribution in [0.2, 0.25) is 0 Å². The number of nitrogens with one attached hydrogen (secondary N) is 1. The molecule has 1 heterocycles. The molecule has 0 radical (unpaired) electrons. The van der Waals surface area contributed by atoms with Crippen LogP contribution >= 0.6 is 0 Å². The van der Waals surface area contributed by atoms with Crippen LogP contribution < -0.4 is 10.2 Å². The van der Waals surface area contributed by atoms with Crippen molar-refractivity contribution >= 4 is 11.7 Å². The van der Waals surface area contributed by atoms with Gasteiger partial charge in [0.1, 0.15) is 17.5 Å². The molecule has 116 valence electrons. The third-order valence-corrected chi connectivity index (χ3v) is 3.23. The van der Waals surface area contributed by atoms with E-state index in [1.165, 1.54) is 6.07 Å². The Balaban J connectivity index is 2.22. The number of carbonyl (C=O) groups is 1. The number of hydrogen-bond donors (Lipinski definition) is 1. The van der Waals surface area contributed by atoms with Crippen molar-refractivity contribution < 1.29 is 13.6 Å². The number of amides is 1. The maximum absolute atomic E-state index is 13.7. The second-order valence-electron chi connectivity index (χ2n) is 5.13. The molecule has 0 saturated heterocycles. The van der Waals surface area contributed by atoms with Crippen LogP contribution in [0.4, 0.5) is 14.6 Å². The topological polar surface area (TPSA) is 45.2 Å². The Hall–Kier alpha value is -2.50. The van der Waals surface area contributed by atoms with Crippen molar-refractivity contribution in [3.05, 3.63) is 59.3 Å². The summed E-state index contributed by atoms with van der Waals surface area (Å²) in [5.41, 5.74) is 0.618. The maximum Gasteiger partial charge on any atom is 0.255 e. The lowest BCUT2D eigenvalue weighted by Crippen LogP contribution is -2.29. The second kappa shape index (κ2) is 6.51. The summed E-state index contributed by atoms with van der Waals surface area (Å²) in [6.07, 6.45) is 1.59. The smallest absolute Gasteiger partial charge is 0.255 e. The quantitative estimate of drug-likeness (QED) is 0.944. The first-order chi connectivity index (χ1) is 10.4. The number of hydrogen-bond acceptors (Lipinski definition) is 3. The number of rotatable bonds is 4. The Labute approximate surface area is 127 Å². The highest BCUT2D eigenvalue weighted by Gasteiger charge is 2.18. The molecule has 1 unspecified atom stereocenters. The molecule has 1 atom stereocenters. The van der Waals surface area contributed by atoms with Crippen molar-refractivity contribution in [3.8, 4) is 0 Å². The zero-order valence-corrected chi connectivity index (χ0v) is 12.6. The van der Waals surface area contributed by atoms with Crippen LogP contribution in [-0.2, 0) is 0 Å². The molecule has 4 nitrogen and oxygen atoms in total. The fraction of sp³-hybridized carbons (Fsp3) is 0.250. The van der Waals surface area contributed by atoms with Gasteiger partial charge in [-0.2, -0.15) is 0 Å². The number of anilines is 1. The van der Waals surface area contributed by atoms with Crippen molar-refractivity contribution in [2.45, 2.75) is 13.0 Å². The van der Waals surface area contributed by atoms with Gasteiger partial charge >= 0.3 is 0 Å². The summed E-state index contributed by atoms with van der Waals surface area (Å²) >= 11 is 0. The Morgan fingerprint density at radius 1 is 1.27 bits per heavy atom. The van der Waals surface area contributed by atoms with E-state index in [4.69, 9.17) is 0 Å². The summed E-state index contributed by atoms with van der Waals surface area (Å²) in [4.78, 5) is 18.2. The van der Waals surface area contributed by atoms with E-state index in [9.17, 15) is 13.6 Å². The molecule has 0 aliphatic carbocycles. The molecule has 2 aromatic rings. The zero-order valence-electron chi connectivity index (χ0n) is 12.6. The molecule has 1 amide bonds. The molecule has 1 aromatic heterocycles. The molecule has 0 spiro atoms. The van der Waals surface area contributed by atoms with E-state index in [2.05, 4.69) is 10.3 Å². The molecule has 2 rings (SSSR count). The molecule has 22 heavy (non-hydrogen) atoms. The fourth-order valence-corrected chi connectivity index (χ4v) is 2.14. The van der Waals surface area contributed by atoms with E-state index >= 15 is 0 Å². The van der Waals surface area contributed by atoms with E-state index in [-0.39, 0.29) is 11.5 Å². The first-order valence-corrected chi connectivity index (χ1v) is 6.78. The van der Waals surface area contributed by atoms with E-state index in [1.54, 1.807) is 44.2 Å². The number of aromatic nitrogens is 1. The summed E-state index contributed by atoms with van der Waals surface area (Å²) in [7, 11) is 3.56. The van der Waals surface area contributed by atoms with Crippen molar-refractivity contribution in [2.75, 3.05) is 19.0 Å². The Morgan fingerprint density at radius 3 is 2.64 bits per heavy atom. The molecule has 1 N–H and O–H groups in total. The third-order valence-electron chi connectivity index (χ3n) is 3.23. The van der Waals surface area contributed by atoms with E-state index < -0.39 is 17.7 Å². The predicted molar refractivity (Wildman–Crippen MR) is 80.8 cm³/mol. The average molecular weight is 305 g/mol. The lowest BCUT2D eigenvalue weighted by atomic mass is 10.1. The summed E-state index contributed by atoms with van der Waals surface area (Å²) in [6, 6.07) is 6.00. The number of pyridine rings is 1. The molecule has 0 aliphatic heterocycles. The number of carbonyl (C=O) groups excluding carboxylic acids is 1. The van der Waals surface area contributed by atoms with E-state index in [1.807, 2.05) is 0 Å². The van der Waals surface area contributed by atoms with Crippen LogP contribution in [0.15, 0.2) is 36.5 Å². The standard InChI is InChI=1S/C16H17F2N3O/c1-10(12-7-6-11(17)9-14(12)18)20-16(22)13-5-4-8-19-15(13)21(2)3/h4-10H,1-3H3,(H,20,22). The lowest BCUT2D eigenvalue weighted by Gasteiger charge is -2.18. The van der Waals surface area contributed by atoms with Crippen LogP contribution in [0.5, 0.6) is 0 Å². The normalized spacial score (nSPS) is 11.9. The highest BCUT2D eigenvalue weighted by Crippen LogP contribution is 2.20. The van der Waals surface area contributed by atoms with Crippen molar-refractivity contribution in [2.24, 2.45) is 0 Å². The Bertz CT molecular complexity index is 689. The van der Waals surface area contributed by atoms with Crippen LogP contribution in [-0.4, -0.2) is 25.0 Å². The molecule has 0 aliphatic rings. The molecule has 6 heteroatoms. The maximum atomic E-state index is 13.7. The summed E-state index contributed by atoms with van der Waals surface area (Å²) in [5.74, 6) is -1.19. The fourth-order valence-electron chi connectivity index (χ4n) is 2.14. The average Bonchev–Trinajstić information content (AvgIpc) is 2.46. The minimum atomic E-state index is -0.688. The first kappa shape index (κ1) is 15.9. The van der Waals surface area contributed by atoms with Gasteiger partial charge in [-0.15, -0.1) is 0 Å². The van der Waals surface area contributed by atoms with Crippen molar-refractivity contribution in [1.29, 1.82) is 0 Å². The zero-order chi connectivity index (χ0) is 16.3. The predicted octanol–water partition coefficient (Wildman–Crippen LogP) is 2.92. The molecule has 0 bridgehead atoms. The number of halogens is 2. The highest BCUT2D eigenvalue weighted by atomic mass is 19.1. The van der Waals surface area contributed by atoms with Gasteiger partial charge in [0.15, 0.2) is 0 Å². The number of nitrogens with zero attached hydrogens (tertiary/aromatic N) is 2. The Morgan fingerprint density at radius 2 is 2.00 bits per heavy atom. The van der Waals surface area contributed by atoms with Gasteiger partial charge in [-0.1, -0.05) is 6.07 Å². The van der Waals surface area contributed by atoms with Gasteiger partial charge in [0, 0.05) is 31.9 Å². The number of benzene rings is 1. The van der Waals surface area contributed by atoms with Gasteiger partial charge in [0.2, 0.25) is 0 Å². The monoisotopic (exact) mass is 305 g/mol. The third kappa shape index (κ3) is 3.39. The van der Waals surface area contributed by atoms with Gasteiger partial charge in [-0.25, -0.2) is 13.8 Å². The molecule has 1 aromatic carbocycles. The molecule has 0 saturated carbocycles. The summed E-state index contributed by atoms with van der Waals surface area (Å²) in [5, 5.41) is 2.70. The van der Waals surface area contributed by atoms with E-state index in [0.29, 0.717) is 11.4 Å². The van der Waals surface area contributed by atoms with Gasteiger partial charge in [0.05, 0.1) is 11.6 Å². The van der Waals surface area contributed by atoms with E-state index in [0.717, 1.165) is 12.1 Å². The van der Waals surface area contributed by atoms with Gasteiger partial charge in [-0.05, 0) is 25.1 Å². The van der Waals surface area contributed by atoms with Crippen molar-refractivity contribution in [3.63, 3.8) is 0 Å². The van der Waals surface area contributed by atoms with Crippen LogP contribution in [0, 0.1) is 11.6 Å². The highest BCUT2D eigenvalue weighted by molar-refractivity contribution is 5.99. The molecular weight excluding hydrogens is 288 g/mol. The molecular formula is C16H17F2N3O. The van der Waals surface area contributed by atoms with Gasteiger partial charge in [0.25, 0.3) is 5.91 Å². The lowest BCUT2D eigenvalue weighted by molar-refractivity contribution is 0.0939.